The molecule has 2 aliphatic heterocycles. The van der Waals surface area contributed by atoms with Gasteiger partial charge in [-0.3, -0.25) is 0 Å². The van der Waals surface area contributed by atoms with Crippen LogP contribution in [0.5, 0.6) is 0 Å². The molecule has 0 atom stereocenters. The lowest BCUT2D eigenvalue weighted by atomic mass is 9.67. The molecule has 0 bridgehead atoms. The average Bonchev–Trinajstić information content (AvgIpc) is 3.35. The van der Waals surface area contributed by atoms with Crippen LogP contribution in [0.3, 0.4) is 0 Å². The highest BCUT2D eigenvalue weighted by Crippen LogP contribution is 2.54. The molecule has 0 aromatic heterocycles. The summed E-state index contributed by atoms with van der Waals surface area (Å²) in [6.07, 6.45) is 6.97. The summed E-state index contributed by atoms with van der Waals surface area (Å²) >= 11 is 0. The number of benzene rings is 2. The van der Waals surface area contributed by atoms with Gasteiger partial charge in [-0.25, -0.2) is 0 Å². The number of hydrogen-bond acceptors (Lipinski definition) is 4. The van der Waals surface area contributed by atoms with Gasteiger partial charge in [0.15, 0.2) is 0 Å². The first kappa shape index (κ1) is 28.9. The van der Waals surface area contributed by atoms with Crippen molar-refractivity contribution in [2.24, 2.45) is 0 Å². The van der Waals surface area contributed by atoms with Gasteiger partial charge in [-0.2, -0.15) is 0 Å². The van der Waals surface area contributed by atoms with Crippen LogP contribution in [0.15, 0.2) is 36.4 Å². The Hall–Kier alpha value is -1.59. The predicted octanol–water partition coefficient (Wildman–Crippen LogP) is 6.93. The van der Waals surface area contributed by atoms with Gasteiger partial charge in [0, 0.05) is 5.41 Å². The monoisotopic (exact) mass is 530 g/mol. The summed E-state index contributed by atoms with van der Waals surface area (Å²) in [6, 6.07) is 13.8. The second kappa shape index (κ2) is 9.76. The fraction of sp³-hybridized carbons (Fsp3) is 0.636. The maximum Gasteiger partial charge on any atom is 0.494 e. The molecule has 210 valence electrons. The standard InChI is InChI=1S/C33H48B2O4/c1-11-13-19-33(20-14-12-2)27-21-23(34-36-29(3,4)30(5,6)37-34)15-17-25(27)26-18-16-24(22-28(26)33)35-38-31(7,8)32(9,10)39-35/h15-18,21-22H,11-14,19-20H2,1-10H3. The Morgan fingerprint density at radius 3 is 1.18 bits per heavy atom. The van der Waals surface area contributed by atoms with Crippen LogP contribution in [0.2, 0.25) is 0 Å². The summed E-state index contributed by atoms with van der Waals surface area (Å²) in [5.41, 5.74) is 6.28. The van der Waals surface area contributed by atoms with Crippen LogP contribution in [0.25, 0.3) is 11.1 Å². The van der Waals surface area contributed by atoms with E-state index >= 15 is 0 Å². The second-order valence-corrected chi connectivity index (χ2v) is 14.1. The molecular formula is C33H48B2O4. The van der Waals surface area contributed by atoms with Crippen LogP contribution in [-0.2, 0) is 24.0 Å². The lowest BCUT2D eigenvalue weighted by molar-refractivity contribution is 0.00578. The quantitative estimate of drug-likeness (QED) is 0.347. The van der Waals surface area contributed by atoms with Crippen molar-refractivity contribution in [2.75, 3.05) is 0 Å². The van der Waals surface area contributed by atoms with Crippen LogP contribution in [0, 0.1) is 0 Å². The third kappa shape index (κ3) is 4.64. The number of fused-ring (bicyclic) bond motifs is 3. The van der Waals surface area contributed by atoms with Gasteiger partial charge in [0.1, 0.15) is 0 Å². The van der Waals surface area contributed by atoms with Gasteiger partial charge < -0.3 is 18.6 Å². The largest absolute Gasteiger partial charge is 0.494 e. The molecule has 3 aliphatic rings. The van der Waals surface area contributed by atoms with Crippen LogP contribution in [-0.4, -0.2) is 36.6 Å². The van der Waals surface area contributed by atoms with Gasteiger partial charge in [0.2, 0.25) is 0 Å². The van der Waals surface area contributed by atoms with Crippen molar-refractivity contribution < 1.29 is 18.6 Å². The topological polar surface area (TPSA) is 36.9 Å². The summed E-state index contributed by atoms with van der Waals surface area (Å²) in [5.74, 6) is 0. The van der Waals surface area contributed by atoms with Gasteiger partial charge >= 0.3 is 14.2 Å². The van der Waals surface area contributed by atoms with Crippen molar-refractivity contribution >= 4 is 25.2 Å². The Morgan fingerprint density at radius 1 is 0.538 bits per heavy atom. The number of unbranched alkanes of at least 4 members (excludes halogenated alkanes) is 2. The van der Waals surface area contributed by atoms with Crippen molar-refractivity contribution in [1.82, 2.24) is 0 Å². The molecule has 2 aromatic rings. The lowest BCUT2D eigenvalue weighted by Crippen LogP contribution is -2.41. The second-order valence-electron chi connectivity index (χ2n) is 14.1. The molecule has 6 heteroatoms. The molecule has 0 unspecified atom stereocenters. The van der Waals surface area contributed by atoms with E-state index in [0.717, 1.165) is 23.8 Å². The molecule has 2 aromatic carbocycles. The Bertz CT molecular complexity index is 1100. The van der Waals surface area contributed by atoms with Gasteiger partial charge in [0.25, 0.3) is 0 Å². The first-order chi connectivity index (χ1) is 18.2. The van der Waals surface area contributed by atoms with Gasteiger partial charge in [-0.15, -0.1) is 0 Å². The SMILES string of the molecule is CCCCC1(CCCC)c2cc(B3OC(C)(C)C(C)(C)O3)ccc2-c2ccc(B3OC(C)(C)C(C)(C)O3)cc21. The minimum Gasteiger partial charge on any atom is -0.399 e. The zero-order valence-corrected chi connectivity index (χ0v) is 26.0. The molecule has 0 amide bonds. The summed E-state index contributed by atoms with van der Waals surface area (Å²) in [4.78, 5) is 0. The molecular weight excluding hydrogens is 482 g/mol. The zero-order valence-electron chi connectivity index (χ0n) is 26.0. The van der Waals surface area contributed by atoms with E-state index in [2.05, 4.69) is 106 Å². The Kier molecular flexibility index (Phi) is 7.23. The van der Waals surface area contributed by atoms with Gasteiger partial charge in [-0.1, -0.05) is 75.9 Å². The van der Waals surface area contributed by atoms with E-state index < -0.39 is 0 Å². The maximum atomic E-state index is 6.49. The molecule has 0 N–H and O–H groups in total. The van der Waals surface area contributed by atoms with Crippen LogP contribution >= 0.6 is 0 Å². The summed E-state index contributed by atoms with van der Waals surface area (Å²) < 4.78 is 26.0. The average molecular weight is 530 g/mol. The first-order valence-electron chi connectivity index (χ1n) is 15.2. The van der Waals surface area contributed by atoms with Crippen molar-refractivity contribution in [2.45, 2.75) is 136 Å². The lowest BCUT2D eigenvalue weighted by Gasteiger charge is -2.33. The van der Waals surface area contributed by atoms with Crippen LogP contribution in [0.4, 0.5) is 0 Å². The van der Waals surface area contributed by atoms with Crippen molar-refractivity contribution in [1.29, 1.82) is 0 Å². The minimum absolute atomic E-state index is 0.0456. The van der Waals surface area contributed by atoms with E-state index in [1.165, 1.54) is 47.9 Å². The Labute approximate surface area is 237 Å². The number of hydrogen-bond donors (Lipinski definition) is 0. The summed E-state index contributed by atoms with van der Waals surface area (Å²) in [6.45, 7) is 21.6. The van der Waals surface area contributed by atoms with Crippen molar-refractivity contribution in [3.63, 3.8) is 0 Å². The molecule has 0 radical (unpaired) electrons. The van der Waals surface area contributed by atoms with E-state index in [1.807, 2.05) is 0 Å². The Morgan fingerprint density at radius 2 is 0.872 bits per heavy atom. The van der Waals surface area contributed by atoms with Crippen molar-refractivity contribution in [3.05, 3.63) is 47.5 Å². The third-order valence-electron chi connectivity index (χ3n) is 10.4. The van der Waals surface area contributed by atoms with E-state index in [0.29, 0.717) is 0 Å². The molecule has 39 heavy (non-hydrogen) atoms. The summed E-state index contributed by atoms with van der Waals surface area (Å²) in [7, 11) is -0.723. The molecule has 4 nitrogen and oxygen atoms in total. The van der Waals surface area contributed by atoms with Gasteiger partial charge in [-0.05, 0) is 101 Å². The normalized spacial score (nSPS) is 23.2. The fourth-order valence-electron chi connectivity index (χ4n) is 6.40. The molecule has 2 saturated heterocycles. The highest BCUT2D eigenvalue weighted by atomic mass is 16.7. The molecule has 2 heterocycles. The van der Waals surface area contributed by atoms with Crippen LogP contribution < -0.4 is 10.9 Å². The smallest absolute Gasteiger partial charge is 0.399 e. The fourth-order valence-corrected chi connectivity index (χ4v) is 6.40. The van der Waals surface area contributed by atoms with E-state index in [-0.39, 0.29) is 42.1 Å². The Balaban J connectivity index is 1.61. The molecule has 0 saturated carbocycles. The highest BCUT2D eigenvalue weighted by Gasteiger charge is 2.54. The maximum absolute atomic E-state index is 6.49. The van der Waals surface area contributed by atoms with E-state index in [4.69, 9.17) is 18.6 Å². The minimum atomic E-state index is -0.362. The van der Waals surface area contributed by atoms with E-state index in [1.54, 1.807) is 0 Å². The first-order valence-corrected chi connectivity index (χ1v) is 15.2. The summed E-state index contributed by atoms with van der Waals surface area (Å²) in [5, 5.41) is 0. The molecule has 5 rings (SSSR count). The van der Waals surface area contributed by atoms with Crippen LogP contribution in [0.1, 0.15) is 119 Å². The molecule has 2 fully saturated rings. The molecule has 1 aliphatic carbocycles. The number of rotatable bonds is 8. The van der Waals surface area contributed by atoms with E-state index in [9.17, 15) is 0 Å². The third-order valence-corrected chi connectivity index (χ3v) is 10.4. The van der Waals surface area contributed by atoms with Crippen molar-refractivity contribution in [3.8, 4) is 11.1 Å². The highest BCUT2D eigenvalue weighted by molar-refractivity contribution is 6.62. The predicted molar refractivity (Wildman–Crippen MR) is 163 cm³/mol. The zero-order chi connectivity index (χ0) is 28.4. The molecule has 0 spiro atoms. The van der Waals surface area contributed by atoms with Gasteiger partial charge in [0.05, 0.1) is 22.4 Å².